The molecule has 0 bridgehead atoms. The molecule has 0 unspecified atom stereocenters. The summed E-state index contributed by atoms with van der Waals surface area (Å²) in [6.07, 6.45) is 3.23. The lowest BCUT2D eigenvalue weighted by atomic mass is 9.59. The second-order valence-electron chi connectivity index (χ2n) is 9.36. The summed E-state index contributed by atoms with van der Waals surface area (Å²) in [4.78, 5) is 20.0. The molecule has 5 rings (SSSR count). The minimum atomic E-state index is -1.80. The van der Waals surface area contributed by atoms with Crippen molar-refractivity contribution in [3.8, 4) is 16.9 Å². The number of hydrogen-bond acceptors (Lipinski definition) is 5. The number of benzene rings is 2. The van der Waals surface area contributed by atoms with Crippen LogP contribution in [0.4, 0.5) is 8.78 Å². The number of carbonyl (C=O) groups is 1. The number of amides is 1. The van der Waals surface area contributed by atoms with Gasteiger partial charge in [-0.2, -0.15) is 5.10 Å². The van der Waals surface area contributed by atoms with Gasteiger partial charge in [-0.05, 0) is 61.6 Å². The molecule has 0 saturated heterocycles. The molecule has 0 N–H and O–H groups in total. The van der Waals surface area contributed by atoms with Gasteiger partial charge in [0.1, 0.15) is 29.5 Å². The molecule has 3 heterocycles. The van der Waals surface area contributed by atoms with E-state index < -0.39 is 29.4 Å². The number of nitrogens with zero attached hydrogens (tertiary/aromatic N) is 5. The smallest absolute Gasteiger partial charge is 0.255 e. The fourth-order valence-corrected chi connectivity index (χ4v) is 4.51. The molecule has 11 heteroatoms. The monoisotopic (exact) mass is 497 g/mol. The molecule has 0 atom stereocenters. The van der Waals surface area contributed by atoms with Gasteiger partial charge in [0.2, 0.25) is 0 Å². The van der Waals surface area contributed by atoms with Gasteiger partial charge >= 0.3 is 0 Å². The summed E-state index contributed by atoms with van der Waals surface area (Å²) in [6.45, 7) is 0.733. The summed E-state index contributed by atoms with van der Waals surface area (Å²) in [5.74, 6) is -1.61. The number of likely N-dealkylation sites (N-methyl/N-ethyl adjacent to an activating group) is 1. The maximum atomic E-state index is 15.4. The van der Waals surface area contributed by atoms with Crippen LogP contribution in [-0.2, 0) is 18.9 Å². The number of fused-ring (bicyclic) bond motifs is 2. The molecule has 184 valence electrons. The van der Waals surface area contributed by atoms with E-state index in [2.05, 4.69) is 10.1 Å². The highest BCUT2D eigenvalue weighted by molar-refractivity contribution is 6.42. The van der Waals surface area contributed by atoms with E-state index in [4.69, 9.17) is 20.4 Å². The first kappa shape index (κ1) is 25.0. The van der Waals surface area contributed by atoms with Crippen LogP contribution >= 0.6 is 0 Å². The number of hydrogen-bond donors (Lipinski definition) is 0. The summed E-state index contributed by atoms with van der Waals surface area (Å²) < 4.78 is 38.2. The normalized spacial score (nSPS) is 14.5. The van der Waals surface area contributed by atoms with Crippen molar-refractivity contribution in [1.29, 1.82) is 0 Å². The fourth-order valence-electron chi connectivity index (χ4n) is 4.51. The fraction of sp³-hybridized carbons (Fsp3) is 0.269. The topological polar surface area (TPSA) is 63.5 Å². The van der Waals surface area contributed by atoms with Gasteiger partial charge in [0.25, 0.3) is 5.91 Å². The lowest BCUT2D eigenvalue weighted by molar-refractivity contribution is 0.0727. The number of pyridine rings is 1. The predicted octanol–water partition coefficient (Wildman–Crippen LogP) is 2.96. The minimum absolute atomic E-state index is 0.157. The van der Waals surface area contributed by atoms with Gasteiger partial charge < -0.3 is 14.5 Å². The highest BCUT2D eigenvalue weighted by Gasteiger charge is 2.43. The lowest BCUT2D eigenvalue weighted by Crippen LogP contribution is -2.45. The Bertz CT molecular complexity index is 1500. The Morgan fingerprint density at radius 2 is 1.84 bits per heavy atom. The highest BCUT2D eigenvalue weighted by Crippen LogP contribution is 2.37. The molecule has 4 aromatic rings. The van der Waals surface area contributed by atoms with Crippen LogP contribution in [0.3, 0.4) is 0 Å². The molecular formula is C26H23B2F2N5O2. The number of aromatic nitrogens is 3. The van der Waals surface area contributed by atoms with E-state index >= 15 is 8.78 Å². The van der Waals surface area contributed by atoms with Gasteiger partial charge in [0.15, 0.2) is 0 Å². The van der Waals surface area contributed by atoms with Crippen LogP contribution in [0.1, 0.15) is 21.6 Å². The van der Waals surface area contributed by atoms with Crippen molar-refractivity contribution in [1.82, 2.24) is 24.6 Å². The van der Waals surface area contributed by atoms with E-state index in [0.29, 0.717) is 34.4 Å². The second-order valence-corrected chi connectivity index (χ2v) is 9.36. The quantitative estimate of drug-likeness (QED) is 0.368. The Balaban J connectivity index is 1.48. The van der Waals surface area contributed by atoms with E-state index in [0.717, 1.165) is 11.4 Å². The first-order valence-electron chi connectivity index (χ1n) is 11.7. The van der Waals surface area contributed by atoms with Crippen molar-refractivity contribution in [2.45, 2.75) is 11.9 Å². The number of aryl methyl sites for hydroxylation is 1. The van der Waals surface area contributed by atoms with E-state index in [1.807, 2.05) is 19.0 Å². The average molecular weight is 497 g/mol. The van der Waals surface area contributed by atoms with Crippen molar-refractivity contribution < 1.29 is 18.3 Å². The third kappa shape index (κ3) is 4.37. The maximum absolute atomic E-state index is 15.4. The van der Waals surface area contributed by atoms with E-state index in [1.165, 1.54) is 24.4 Å². The van der Waals surface area contributed by atoms with Crippen molar-refractivity contribution >= 4 is 32.5 Å². The third-order valence-electron chi connectivity index (χ3n) is 6.43. The van der Waals surface area contributed by atoms with E-state index in [-0.39, 0.29) is 16.8 Å². The molecule has 4 radical (unpaired) electrons. The zero-order valence-corrected chi connectivity index (χ0v) is 20.7. The summed E-state index contributed by atoms with van der Waals surface area (Å²) in [6, 6.07) is 9.06. The van der Waals surface area contributed by atoms with E-state index in [9.17, 15) is 4.79 Å². The molecule has 0 fully saturated rings. The van der Waals surface area contributed by atoms with Gasteiger partial charge in [0, 0.05) is 42.3 Å². The van der Waals surface area contributed by atoms with Crippen LogP contribution < -0.4 is 4.74 Å². The zero-order valence-electron chi connectivity index (χ0n) is 20.7. The predicted molar refractivity (Wildman–Crippen MR) is 137 cm³/mol. The van der Waals surface area contributed by atoms with Gasteiger partial charge in [-0.3, -0.25) is 14.5 Å². The second kappa shape index (κ2) is 9.30. The molecular weight excluding hydrogens is 474 g/mol. The van der Waals surface area contributed by atoms with Crippen LogP contribution in [0.5, 0.6) is 5.75 Å². The molecule has 1 amide bonds. The van der Waals surface area contributed by atoms with Crippen molar-refractivity contribution in [2.24, 2.45) is 7.05 Å². The molecule has 0 aliphatic carbocycles. The van der Waals surface area contributed by atoms with Gasteiger partial charge in [-0.15, -0.1) is 0 Å². The largest absolute Gasteiger partial charge is 0.490 e. The Kier molecular flexibility index (Phi) is 6.27. The van der Waals surface area contributed by atoms with E-state index in [1.54, 1.807) is 36.1 Å². The molecule has 2 aromatic carbocycles. The van der Waals surface area contributed by atoms with Crippen LogP contribution in [0.2, 0.25) is 0 Å². The van der Waals surface area contributed by atoms with Crippen molar-refractivity contribution in [3.05, 3.63) is 77.2 Å². The average Bonchev–Trinajstić information content (AvgIpc) is 3.32. The lowest BCUT2D eigenvalue weighted by Gasteiger charge is -2.33. The molecule has 0 saturated carbocycles. The van der Waals surface area contributed by atoms with Crippen molar-refractivity contribution in [2.75, 3.05) is 27.2 Å². The molecule has 1 aliphatic rings. The first-order chi connectivity index (χ1) is 17.6. The summed E-state index contributed by atoms with van der Waals surface area (Å²) >= 11 is 0. The number of ether oxygens (including phenoxy) is 1. The summed E-state index contributed by atoms with van der Waals surface area (Å²) in [5.41, 5.74) is 1.54. The Morgan fingerprint density at radius 1 is 1.11 bits per heavy atom. The van der Waals surface area contributed by atoms with Gasteiger partial charge in [-0.25, -0.2) is 8.78 Å². The number of carbonyl (C=O) groups excluding carboxylic acids is 1. The van der Waals surface area contributed by atoms with Gasteiger partial charge in [-0.1, -0.05) is 0 Å². The Labute approximate surface area is 215 Å². The first-order valence-corrected chi connectivity index (χ1v) is 11.7. The van der Waals surface area contributed by atoms with Crippen molar-refractivity contribution in [3.63, 3.8) is 0 Å². The maximum Gasteiger partial charge on any atom is 0.255 e. The Hall–Kier alpha value is -3.72. The zero-order chi connectivity index (χ0) is 26.5. The summed E-state index contributed by atoms with van der Waals surface area (Å²) in [5, 5.41) is 3.38. The standard InChI is InChI=1S/C26H23B2F2N5O2/c1-33(2)9-10-37-22-7-6-16(18-13-34(3)32-23(18)22)15-11-20(29)19(21(30)12-15)14-35-25(36)17-5-4-8-31-24(17)26(35,27)28/h4-8,11-13H,9-10,14H2,1-3H3. The van der Waals surface area contributed by atoms with Crippen LogP contribution in [0.15, 0.2) is 48.8 Å². The number of rotatable bonds is 7. The van der Waals surface area contributed by atoms with Crippen LogP contribution in [-0.4, -0.2) is 73.4 Å². The summed E-state index contributed by atoms with van der Waals surface area (Å²) in [7, 11) is 18.0. The molecule has 0 spiro atoms. The third-order valence-corrected chi connectivity index (χ3v) is 6.43. The molecule has 37 heavy (non-hydrogen) atoms. The molecule has 1 aliphatic heterocycles. The number of halogens is 2. The molecule has 7 nitrogen and oxygen atoms in total. The highest BCUT2D eigenvalue weighted by atomic mass is 19.1. The molecule has 2 aromatic heterocycles. The van der Waals surface area contributed by atoms with Gasteiger partial charge in [0.05, 0.1) is 33.5 Å². The van der Waals surface area contributed by atoms with Crippen LogP contribution in [0, 0.1) is 11.6 Å². The van der Waals surface area contributed by atoms with Crippen LogP contribution in [0.25, 0.3) is 22.0 Å². The Morgan fingerprint density at radius 3 is 2.51 bits per heavy atom. The SMILES string of the molecule is [B]C1([B])c2ncccc2C(=O)N1Cc1c(F)cc(-c2ccc(OCCN(C)C)c3nn(C)cc23)cc1F. The minimum Gasteiger partial charge on any atom is -0.490 e.